The molecule has 0 aliphatic carbocycles. The molecule has 0 aliphatic rings. The summed E-state index contributed by atoms with van der Waals surface area (Å²) in [6.07, 6.45) is 7.95. The molecule has 0 bridgehead atoms. The smallest absolute Gasteiger partial charge is 0.303 e. The van der Waals surface area contributed by atoms with Crippen LogP contribution in [-0.4, -0.2) is 65.7 Å². The molecule has 0 rings (SSSR count). The SMILES string of the molecule is CC(=O)/C=C(/C)O.CC(=O)/C=C(/C)O.CC(=O)/C=C(/C)O.CC(=O)/C=C(/C)O.O=C(O)CCCCCCC(=O)O.[Ru].[Ru]. The first-order chi connectivity index (χ1) is 18.1. The normalized spacial score (nSPS) is 10.4. The molecule has 0 amide bonds. The molecule has 6 N–H and O–H groups in total. The van der Waals surface area contributed by atoms with E-state index in [2.05, 4.69) is 0 Å². The van der Waals surface area contributed by atoms with Crippen LogP contribution >= 0.6 is 0 Å². The average Bonchev–Trinajstić information content (AvgIpc) is 2.68. The van der Waals surface area contributed by atoms with Gasteiger partial charge < -0.3 is 30.6 Å². The number of ketones is 4. The van der Waals surface area contributed by atoms with Crippen molar-refractivity contribution in [1.29, 1.82) is 0 Å². The van der Waals surface area contributed by atoms with Gasteiger partial charge in [-0.25, -0.2) is 0 Å². The Labute approximate surface area is 273 Å². The number of unbranched alkanes of at least 4 members (excludes halogenated alkanes) is 3. The molecule has 0 spiro atoms. The standard InChI is InChI=1S/C8H14O4.4C5H8O2.2Ru/c9-7(10)5-3-1-2-4-6-8(11)12;4*1-4(6)3-5(2)7;;/h1-6H2,(H,9,10)(H,11,12);4*3,6H,1-2H3;;/b;4*4-3-;;. The number of hydrogen-bond donors (Lipinski definition) is 6. The first-order valence-corrected chi connectivity index (χ1v) is 12.1. The van der Waals surface area contributed by atoms with E-state index in [4.69, 9.17) is 30.6 Å². The van der Waals surface area contributed by atoms with E-state index in [0.29, 0.717) is 12.8 Å². The fraction of sp³-hybridized carbons (Fsp3) is 0.500. The van der Waals surface area contributed by atoms with Crippen LogP contribution in [0.3, 0.4) is 0 Å². The van der Waals surface area contributed by atoms with Gasteiger partial charge in [0.1, 0.15) is 0 Å². The molecular weight excluding hydrogens is 730 g/mol. The monoisotopic (exact) mass is 778 g/mol. The second kappa shape index (κ2) is 38.0. The van der Waals surface area contributed by atoms with Crippen molar-refractivity contribution < 1.29 is 98.4 Å². The second-order valence-electron chi connectivity index (χ2n) is 8.29. The Kier molecular flexibility index (Phi) is 49.8. The molecule has 14 heteroatoms. The Morgan fingerprint density at radius 3 is 0.619 bits per heavy atom. The molecule has 0 unspecified atom stereocenters. The summed E-state index contributed by atoms with van der Waals surface area (Å²) in [4.78, 5) is 60.2. The van der Waals surface area contributed by atoms with Crippen molar-refractivity contribution >= 4 is 35.1 Å². The predicted molar refractivity (Wildman–Crippen MR) is 151 cm³/mol. The molecule has 0 saturated carbocycles. The molecule has 42 heavy (non-hydrogen) atoms. The van der Waals surface area contributed by atoms with E-state index >= 15 is 0 Å². The van der Waals surface area contributed by atoms with Crippen LogP contribution < -0.4 is 0 Å². The van der Waals surface area contributed by atoms with Crippen LogP contribution in [0.25, 0.3) is 0 Å². The maximum absolute atomic E-state index is 10.0. The average molecular weight is 777 g/mol. The molecule has 0 saturated heterocycles. The van der Waals surface area contributed by atoms with E-state index in [9.17, 15) is 28.8 Å². The molecular formula is C28H46O12Ru2. The van der Waals surface area contributed by atoms with E-state index in [1.165, 1.54) is 79.7 Å². The minimum Gasteiger partial charge on any atom is -0.512 e. The third-order valence-corrected chi connectivity index (χ3v) is 3.18. The van der Waals surface area contributed by atoms with Crippen molar-refractivity contribution in [2.75, 3.05) is 0 Å². The molecule has 0 aromatic rings. The zero-order valence-corrected chi connectivity index (χ0v) is 28.9. The molecule has 0 fully saturated rings. The van der Waals surface area contributed by atoms with Crippen molar-refractivity contribution in [2.45, 2.75) is 93.9 Å². The number of carbonyl (C=O) groups excluding carboxylic acids is 4. The Morgan fingerprint density at radius 2 is 0.548 bits per heavy atom. The molecule has 246 valence electrons. The van der Waals surface area contributed by atoms with Gasteiger partial charge in [0.2, 0.25) is 0 Å². The van der Waals surface area contributed by atoms with Crippen LogP contribution in [0.5, 0.6) is 0 Å². The van der Waals surface area contributed by atoms with Crippen molar-refractivity contribution in [3.63, 3.8) is 0 Å². The molecule has 0 atom stereocenters. The summed E-state index contributed by atoms with van der Waals surface area (Å²) < 4.78 is 0. The van der Waals surface area contributed by atoms with Crippen LogP contribution in [0.4, 0.5) is 0 Å². The molecule has 0 radical (unpaired) electrons. The van der Waals surface area contributed by atoms with E-state index in [0.717, 1.165) is 12.8 Å². The maximum Gasteiger partial charge on any atom is 0.303 e. The van der Waals surface area contributed by atoms with Gasteiger partial charge in [-0.1, -0.05) is 12.8 Å². The third kappa shape index (κ3) is 99.1. The van der Waals surface area contributed by atoms with Gasteiger partial charge in [0, 0.05) is 76.1 Å². The second-order valence-corrected chi connectivity index (χ2v) is 8.29. The van der Waals surface area contributed by atoms with Gasteiger partial charge in [-0.2, -0.15) is 0 Å². The number of aliphatic carboxylic acids is 2. The van der Waals surface area contributed by atoms with Gasteiger partial charge in [0.25, 0.3) is 0 Å². The van der Waals surface area contributed by atoms with E-state index in [1.807, 2.05) is 0 Å². The Hall–Kier alpha value is -2.97. The Bertz CT molecular complexity index is 772. The summed E-state index contributed by atoms with van der Waals surface area (Å²) in [5, 5.41) is 50.0. The van der Waals surface area contributed by atoms with Crippen LogP contribution in [0, 0.1) is 0 Å². The fourth-order valence-corrected chi connectivity index (χ4v) is 2.08. The Morgan fingerprint density at radius 1 is 0.381 bits per heavy atom. The number of aliphatic hydroxyl groups excluding tert-OH is 4. The van der Waals surface area contributed by atoms with E-state index in [1.54, 1.807) is 0 Å². The number of rotatable bonds is 11. The Balaban J connectivity index is -0.0000000737. The van der Waals surface area contributed by atoms with Crippen LogP contribution in [-0.2, 0) is 67.7 Å². The molecule has 0 heterocycles. The maximum atomic E-state index is 10.0. The summed E-state index contributed by atoms with van der Waals surface area (Å²) >= 11 is 0. The number of hydrogen-bond acceptors (Lipinski definition) is 10. The van der Waals surface area contributed by atoms with Gasteiger partial charge >= 0.3 is 11.9 Å². The van der Waals surface area contributed by atoms with Crippen molar-refractivity contribution in [2.24, 2.45) is 0 Å². The number of carboxylic acids is 2. The first-order valence-electron chi connectivity index (χ1n) is 12.1. The van der Waals surface area contributed by atoms with Crippen molar-refractivity contribution in [1.82, 2.24) is 0 Å². The number of aliphatic hydroxyl groups is 4. The summed E-state index contributed by atoms with van der Waals surface area (Å²) in [6.45, 7) is 11.4. The van der Waals surface area contributed by atoms with Crippen LogP contribution in [0.15, 0.2) is 47.3 Å². The summed E-state index contributed by atoms with van der Waals surface area (Å²) in [5.41, 5.74) is 0. The third-order valence-electron chi connectivity index (χ3n) is 3.18. The largest absolute Gasteiger partial charge is 0.512 e. The predicted octanol–water partition coefficient (Wildman–Crippen LogP) is 5.64. The molecule has 0 aromatic carbocycles. The van der Waals surface area contributed by atoms with Crippen LogP contribution in [0.2, 0.25) is 0 Å². The van der Waals surface area contributed by atoms with Gasteiger partial charge in [-0.15, -0.1) is 0 Å². The topological polar surface area (TPSA) is 224 Å². The van der Waals surface area contributed by atoms with Crippen molar-refractivity contribution in [3.05, 3.63) is 47.3 Å². The number of carbonyl (C=O) groups is 6. The zero-order chi connectivity index (χ0) is 32.8. The minimum atomic E-state index is -0.784. The molecule has 0 aromatic heterocycles. The zero-order valence-electron chi connectivity index (χ0n) is 25.4. The summed E-state index contributed by atoms with van der Waals surface area (Å²) in [6, 6.07) is 0. The molecule has 12 nitrogen and oxygen atoms in total. The van der Waals surface area contributed by atoms with E-state index < -0.39 is 11.9 Å². The van der Waals surface area contributed by atoms with Gasteiger partial charge in [0.05, 0.1) is 23.0 Å². The van der Waals surface area contributed by atoms with Gasteiger partial charge in [-0.05, 0) is 68.2 Å². The quantitative estimate of drug-likeness (QED) is 0.0649. The number of carboxylic acid groups (broad SMARTS) is 2. The number of allylic oxidation sites excluding steroid dienone is 8. The first kappa shape index (κ1) is 55.0. The van der Waals surface area contributed by atoms with E-state index in [-0.39, 0.29) is 98.0 Å². The van der Waals surface area contributed by atoms with Crippen LogP contribution in [0.1, 0.15) is 93.9 Å². The summed E-state index contributed by atoms with van der Waals surface area (Å²) in [7, 11) is 0. The molecule has 0 aliphatic heterocycles. The summed E-state index contributed by atoms with van der Waals surface area (Å²) in [5.74, 6) is -1.82. The van der Waals surface area contributed by atoms with Gasteiger partial charge in [0.15, 0.2) is 23.1 Å². The van der Waals surface area contributed by atoms with Crippen molar-refractivity contribution in [3.8, 4) is 0 Å². The minimum absolute atomic E-state index is 0. The van der Waals surface area contributed by atoms with Gasteiger partial charge in [-0.3, -0.25) is 28.8 Å². The fourth-order valence-electron chi connectivity index (χ4n) is 2.08.